The second kappa shape index (κ2) is 5.66. The molecule has 0 saturated carbocycles. The molecule has 0 radical (unpaired) electrons. The van der Waals surface area contributed by atoms with Crippen LogP contribution in [0.4, 0.5) is 0 Å². The van der Waals surface area contributed by atoms with Crippen LogP contribution in [0.5, 0.6) is 0 Å². The highest BCUT2D eigenvalue weighted by Gasteiger charge is 2.22. The first-order valence-electron chi connectivity index (χ1n) is 7.48. The first-order valence-corrected chi connectivity index (χ1v) is 8.29. The number of thiazole rings is 1. The summed E-state index contributed by atoms with van der Waals surface area (Å²) < 4.78 is 0. The van der Waals surface area contributed by atoms with E-state index in [0.717, 1.165) is 13.0 Å². The molecule has 1 atom stereocenters. The summed E-state index contributed by atoms with van der Waals surface area (Å²) in [5.41, 5.74) is 5.39. The van der Waals surface area contributed by atoms with Crippen molar-refractivity contribution in [3.63, 3.8) is 0 Å². The Balaban J connectivity index is 1.96. The van der Waals surface area contributed by atoms with E-state index < -0.39 is 0 Å². The molecule has 106 valence electrons. The molecule has 3 heteroatoms. The molecule has 1 aliphatic carbocycles. The minimum atomic E-state index is 0.245. The van der Waals surface area contributed by atoms with Crippen molar-refractivity contribution >= 4 is 11.3 Å². The standard InChI is InChI=1S/C17H22N2S/c1-4-18-16(13-9-8-11(2)12(3)10-13)17-19-14-6-5-7-15(14)20-17/h8-10,16,18H,4-7H2,1-3H3. The zero-order chi connectivity index (χ0) is 14.1. The van der Waals surface area contributed by atoms with Gasteiger partial charge in [-0.2, -0.15) is 0 Å². The molecule has 1 N–H and O–H groups in total. The third-order valence-corrected chi connectivity index (χ3v) is 5.35. The van der Waals surface area contributed by atoms with E-state index in [-0.39, 0.29) is 6.04 Å². The molecule has 0 aliphatic heterocycles. The van der Waals surface area contributed by atoms with E-state index in [1.165, 1.54) is 45.1 Å². The Morgan fingerprint density at radius 1 is 1.25 bits per heavy atom. The number of aryl methyl sites for hydroxylation is 4. The van der Waals surface area contributed by atoms with E-state index in [9.17, 15) is 0 Å². The molecule has 0 saturated heterocycles. The predicted molar refractivity (Wildman–Crippen MR) is 85.6 cm³/mol. The van der Waals surface area contributed by atoms with Crippen molar-refractivity contribution in [2.45, 2.75) is 46.1 Å². The Labute approximate surface area is 125 Å². The SMILES string of the molecule is CCNC(c1ccc(C)c(C)c1)c1nc2c(s1)CCC2. The molecule has 1 unspecified atom stereocenters. The van der Waals surface area contributed by atoms with Gasteiger partial charge >= 0.3 is 0 Å². The molecule has 2 nitrogen and oxygen atoms in total. The van der Waals surface area contributed by atoms with Crippen LogP contribution in [-0.4, -0.2) is 11.5 Å². The number of rotatable bonds is 4. The van der Waals surface area contributed by atoms with Crippen LogP contribution in [0.3, 0.4) is 0 Å². The van der Waals surface area contributed by atoms with Gasteiger partial charge in [-0.25, -0.2) is 4.98 Å². The lowest BCUT2D eigenvalue weighted by Crippen LogP contribution is -2.22. The average molecular weight is 286 g/mol. The number of nitrogens with one attached hydrogen (secondary N) is 1. The van der Waals surface area contributed by atoms with Gasteiger partial charge in [0.2, 0.25) is 0 Å². The molecule has 20 heavy (non-hydrogen) atoms. The first kappa shape index (κ1) is 13.8. The second-order valence-electron chi connectivity index (χ2n) is 5.61. The van der Waals surface area contributed by atoms with Crippen LogP contribution in [0.25, 0.3) is 0 Å². The summed E-state index contributed by atoms with van der Waals surface area (Å²) in [5.74, 6) is 0. The highest BCUT2D eigenvalue weighted by molar-refractivity contribution is 7.11. The fraction of sp³-hybridized carbons (Fsp3) is 0.471. The van der Waals surface area contributed by atoms with Gasteiger partial charge in [-0.1, -0.05) is 25.1 Å². The van der Waals surface area contributed by atoms with Crippen molar-refractivity contribution in [1.29, 1.82) is 0 Å². The molecule has 3 rings (SSSR count). The van der Waals surface area contributed by atoms with Gasteiger partial charge in [-0.15, -0.1) is 11.3 Å². The molecule has 0 fully saturated rings. The lowest BCUT2D eigenvalue weighted by atomic mass is 10.0. The Hall–Kier alpha value is -1.19. The normalized spacial score (nSPS) is 15.3. The maximum absolute atomic E-state index is 4.89. The van der Waals surface area contributed by atoms with Gasteiger partial charge in [0.1, 0.15) is 5.01 Å². The Morgan fingerprint density at radius 2 is 2.10 bits per heavy atom. The van der Waals surface area contributed by atoms with Gasteiger partial charge < -0.3 is 5.32 Å². The number of aromatic nitrogens is 1. The van der Waals surface area contributed by atoms with E-state index >= 15 is 0 Å². The van der Waals surface area contributed by atoms with Crippen molar-refractivity contribution in [2.75, 3.05) is 6.54 Å². The number of hydrogen-bond acceptors (Lipinski definition) is 3. The Bertz CT molecular complexity index is 594. The summed E-state index contributed by atoms with van der Waals surface area (Å²) in [4.78, 5) is 6.40. The summed E-state index contributed by atoms with van der Waals surface area (Å²) in [6.07, 6.45) is 3.67. The molecule has 2 aromatic rings. The number of hydrogen-bond donors (Lipinski definition) is 1. The topological polar surface area (TPSA) is 24.9 Å². The van der Waals surface area contributed by atoms with Gasteiger partial charge in [-0.3, -0.25) is 0 Å². The molecular formula is C17H22N2S. The lowest BCUT2D eigenvalue weighted by molar-refractivity contribution is 0.624. The Morgan fingerprint density at radius 3 is 2.80 bits per heavy atom. The van der Waals surface area contributed by atoms with Crippen LogP contribution in [0.1, 0.15) is 51.7 Å². The molecule has 1 heterocycles. The number of benzene rings is 1. The minimum absolute atomic E-state index is 0.245. The lowest BCUT2D eigenvalue weighted by Gasteiger charge is -2.17. The fourth-order valence-corrected chi connectivity index (χ4v) is 4.09. The van der Waals surface area contributed by atoms with Gasteiger partial charge in [-0.05, 0) is 56.3 Å². The van der Waals surface area contributed by atoms with Crippen LogP contribution in [0.2, 0.25) is 0 Å². The molecular weight excluding hydrogens is 264 g/mol. The summed E-state index contributed by atoms with van der Waals surface area (Å²) >= 11 is 1.90. The Kier molecular flexibility index (Phi) is 3.90. The monoisotopic (exact) mass is 286 g/mol. The maximum atomic E-state index is 4.89. The van der Waals surface area contributed by atoms with Crippen molar-refractivity contribution in [1.82, 2.24) is 10.3 Å². The average Bonchev–Trinajstić information content (AvgIpc) is 3.00. The summed E-state index contributed by atoms with van der Waals surface area (Å²) in [7, 11) is 0. The minimum Gasteiger partial charge on any atom is -0.305 e. The third kappa shape index (κ3) is 2.52. The largest absolute Gasteiger partial charge is 0.305 e. The zero-order valence-corrected chi connectivity index (χ0v) is 13.3. The summed E-state index contributed by atoms with van der Waals surface area (Å²) in [6.45, 7) is 7.47. The quantitative estimate of drug-likeness (QED) is 0.920. The summed E-state index contributed by atoms with van der Waals surface area (Å²) in [6, 6.07) is 7.00. The van der Waals surface area contributed by atoms with Gasteiger partial charge in [0.15, 0.2) is 0 Å². The number of nitrogens with zero attached hydrogens (tertiary/aromatic N) is 1. The third-order valence-electron chi connectivity index (χ3n) is 4.13. The second-order valence-corrected chi connectivity index (χ2v) is 6.73. The molecule has 0 bridgehead atoms. The van der Waals surface area contributed by atoms with Crippen molar-refractivity contribution < 1.29 is 0 Å². The molecule has 1 aromatic carbocycles. The highest BCUT2D eigenvalue weighted by Crippen LogP contribution is 2.33. The maximum Gasteiger partial charge on any atom is 0.115 e. The molecule has 0 spiro atoms. The molecule has 1 aromatic heterocycles. The summed E-state index contributed by atoms with van der Waals surface area (Å²) in [5, 5.41) is 4.83. The van der Waals surface area contributed by atoms with Gasteiger partial charge in [0.25, 0.3) is 0 Å². The predicted octanol–water partition coefficient (Wildman–Crippen LogP) is 3.95. The first-order chi connectivity index (χ1) is 9.69. The number of fused-ring (bicyclic) bond motifs is 1. The van der Waals surface area contributed by atoms with Crippen LogP contribution in [0, 0.1) is 13.8 Å². The molecule has 1 aliphatic rings. The van der Waals surface area contributed by atoms with Crippen molar-refractivity contribution in [2.24, 2.45) is 0 Å². The van der Waals surface area contributed by atoms with E-state index in [2.05, 4.69) is 44.3 Å². The van der Waals surface area contributed by atoms with Crippen LogP contribution >= 0.6 is 11.3 Å². The fourth-order valence-electron chi connectivity index (χ4n) is 2.83. The van der Waals surface area contributed by atoms with Crippen molar-refractivity contribution in [3.05, 3.63) is 50.5 Å². The smallest absolute Gasteiger partial charge is 0.115 e. The van der Waals surface area contributed by atoms with E-state index in [1.807, 2.05) is 11.3 Å². The van der Waals surface area contributed by atoms with Gasteiger partial charge in [0, 0.05) is 4.88 Å². The van der Waals surface area contributed by atoms with Gasteiger partial charge in [0.05, 0.1) is 11.7 Å². The molecule has 0 amide bonds. The van der Waals surface area contributed by atoms with Crippen LogP contribution < -0.4 is 5.32 Å². The highest BCUT2D eigenvalue weighted by atomic mass is 32.1. The van der Waals surface area contributed by atoms with Crippen LogP contribution in [-0.2, 0) is 12.8 Å². The van der Waals surface area contributed by atoms with E-state index in [0.29, 0.717) is 0 Å². The van der Waals surface area contributed by atoms with Crippen molar-refractivity contribution in [3.8, 4) is 0 Å². The van der Waals surface area contributed by atoms with E-state index in [1.54, 1.807) is 0 Å². The van der Waals surface area contributed by atoms with Crippen LogP contribution in [0.15, 0.2) is 18.2 Å². The van der Waals surface area contributed by atoms with E-state index in [4.69, 9.17) is 4.98 Å². The zero-order valence-electron chi connectivity index (χ0n) is 12.5.